The minimum Gasteiger partial charge on any atom is -0.480 e. The third-order valence-corrected chi connectivity index (χ3v) is 4.71. The molecule has 0 aliphatic carbocycles. The van der Waals surface area contributed by atoms with Crippen molar-refractivity contribution >= 4 is 40.9 Å². The summed E-state index contributed by atoms with van der Waals surface area (Å²) < 4.78 is 5.68. The number of rotatable bonds is 5. The van der Waals surface area contributed by atoms with E-state index in [1.807, 2.05) is 0 Å². The quantitative estimate of drug-likeness (QED) is 0.750. The molecule has 1 saturated heterocycles. The van der Waals surface area contributed by atoms with Gasteiger partial charge in [-0.1, -0.05) is 6.07 Å². The molecule has 1 fully saturated rings. The molecule has 2 heterocycles. The zero-order chi connectivity index (χ0) is 19.7. The molecule has 27 heavy (non-hydrogen) atoms. The van der Waals surface area contributed by atoms with Crippen molar-refractivity contribution in [2.75, 3.05) is 6.54 Å². The number of carbonyl (C=O) groups excluding carboxylic acids is 2. The zero-order valence-electron chi connectivity index (χ0n) is 14.0. The van der Waals surface area contributed by atoms with Gasteiger partial charge in [-0.25, -0.2) is 4.79 Å². The molecule has 2 N–H and O–H groups in total. The maximum absolute atomic E-state index is 12.1. The summed E-state index contributed by atoms with van der Waals surface area (Å²) in [6, 6.07) is 7.88. The first-order chi connectivity index (χ1) is 12.8. The Morgan fingerprint density at radius 2 is 1.93 bits per heavy atom. The highest BCUT2D eigenvalue weighted by Gasteiger charge is 2.36. The Morgan fingerprint density at radius 1 is 1.19 bits per heavy atom. The van der Waals surface area contributed by atoms with Crippen molar-refractivity contribution in [2.45, 2.75) is 6.92 Å². The Labute approximate surface area is 157 Å². The minimum atomic E-state index is -1.28. The van der Waals surface area contributed by atoms with Gasteiger partial charge < -0.3 is 14.6 Å². The summed E-state index contributed by atoms with van der Waals surface area (Å²) in [6.45, 7) is 1.06. The van der Waals surface area contributed by atoms with E-state index >= 15 is 0 Å². The van der Waals surface area contributed by atoms with E-state index in [4.69, 9.17) is 14.6 Å². The third-order valence-electron chi connectivity index (χ3n) is 3.81. The Morgan fingerprint density at radius 3 is 2.56 bits per heavy atom. The van der Waals surface area contributed by atoms with E-state index in [-0.39, 0.29) is 10.5 Å². The second-order valence-corrected chi connectivity index (χ2v) is 6.69. The van der Waals surface area contributed by atoms with Gasteiger partial charge in [-0.2, -0.15) is 0 Å². The van der Waals surface area contributed by atoms with Gasteiger partial charge in [0, 0.05) is 11.6 Å². The molecule has 2 amide bonds. The van der Waals surface area contributed by atoms with E-state index in [0.29, 0.717) is 39.3 Å². The fourth-order valence-corrected chi connectivity index (χ4v) is 3.37. The van der Waals surface area contributed by atoms with Crippen LogP contribution in [-0.2, 0) is 9.59 Å². The van der Waals surface area contributed by atoms with Crippen LogP contribution in [0.15, 0.2) is 39.7 Å². The predicted octanol–water partition coefficient (Wildman–Crippen LogP) is 3.07. The van der Waals surface area contributed by atoms with Gasteiger partial charge in [-0.15, -0.1) is 0 Å². The van der Waals surface area contributed by atoms with Gasteiger partial charge in [0.1, 0.15) is 18.1 Å². The highest BCUT2D eigenvalue weighted by Crippen LogP contribution is 2.33. The standard InChI is InChI=1S/C18H13NO7S/c1-9-6-10(17(23)24)2-4-12(9)13-5-3-11(26-13)7-14-16(22)19(8-15(20)21)18(25)27-14/h2-7H,8H2,1H3,(H,20,21)(H,23,24). The molecule has 1 aliphatic heterocycles. The first-order valence-electron chi connectivity index (χ1n) is 7.67. The van der Waals surface area contributed by atoms with Crippen LogP contribution >= 0.6 is 11.8 Å². The highest BCUT2D eigenvalue weighted by molar-refractivity contribution is 8.18. The molecule has 0 atom stereocenters. The number of carboxylic acids is 2. The summed E-state index contributed by atoms with van der Waals surface area (Å²) in [5.41, 5.74) is 1.56. The molecular formula is C18H13NO7S. The van der Waals surface area contributed by atoms with Gasteiger partial charge in [-0.3, -0.25) is 19.3 Å². The summed E-state index contributed by atoms with van der Waals surface area (Å²) in [7, 11) is 0. The van der Waals surface area contributed by atoms with Crippen LogP contribution in [0.5, 0.6) is 0 Å². The number of thioether (sulfide) groups is 1. The van der Waals surface area contributed by atoms with Crippen LogP contribution in [0.2, 0.25) is 0 Å². The molecule has 9 heteroatoms. The van der Waals surface area contributed by atoms with E-state index in [0.717, 1.165) is 0 Å². The SMILES string of the molecule is Cc1cc(C(=O)O)ccc1-c1ccc(C=C2SC(=O)N(CC(=O)O)C2=O)o1. The van der Waals surface area contributed by atoms with Crippen molar-refractivity contribution < 1.29 is 33.8 Å². The number of aryl methyl sites for hydroxylation is 1. The van der Waals surface area contributed by atoms with E-state index in [1.165, 1.54) is 18.2 Å². The summed E-state index contributed by atoms with van der Waals surface area (Å²) >= 11 is 0.642. The number of furan rings is 1. The molecule has 0 radical (unpaired) electrons. The van der Waals surface area contributed by atoms with Crippen molar-refractivity contribution in [3.63, 3.8) is 0 Å². The lowest BCUT2D eigenvalue weighted by molar-refractivity contribution is -0.140. The monoisotopic (exact) mass is 387 g/mol. The van der Waals surface area contributed by atoms with Crippen LogP contribution in [0.3, 0.4) is 0 Å². The average Bonchev–Trinajstić information content (AvgIpc) is 3.15. The van der Waals surface area contributed by atoms with Crippen LogP contribution in [0.25, 0.3) is 17.4 Å². The van der Waals surface area contributed by atoms with Gasteiger partial charge in [0.05, 0.1) is 10.5 Å². The lowest BCUT2D eigenvalue weighted by Gasteiger charge is -2.07. The first kappa shape index (κ1) is 18.5. The summed E-state index contributed by atoms with van der Waals surface area (Å²) in [5, 5.41) is 17.1. The maximum atomic E-state index is 12.1. The van der Waals surface area contributed by atoms with Gasteiger partial charge in [-0.05, 0) is 48.5 Å². The van der Waals surface area contributed by atoms with Gasteiger partial charge in [0.15, 0.2) is 0 Å². The van der Waals surface area contributed by atoms with E-state index in [2.05, 4.69) is 0 Å². The largest absolute Gasteiger partial charge is 0.480 e. The van der Waals surface area contributed by atoms with Gasteiger partial charge >= 0.3 is 11.9 Å². The molecule has 0 unspecified atom stereocenters. The van der Waals surface area contributed by atoms with Crippen molar-refractivity contribution in [2.24, 2.45) is 0 Å². The fraction of sp³-hybridized carbons (Fsp3) is 0.111. The van der Waals surface area contributed by atoms with E-state index < -0.39 is 29.6 Å². The number of aromatic carboxylic acids is 1. The van der Waals surface area contributed by atoms with Crippen LogP contribution < -0.4 is 0 Å². The number of hydrogen-bond acceptors (Lipinski definition) is 6. The Bertz CT molecular complexity index is 1000. The van der Waals surface area contributed by atoms with Gasteiger partial charge in [0.25, 0.3) is 11.1 Å². The second kappa shape index (κ2) is 7.12. The number of nitrogens with zero attached hydrogens (tertiary/aromatic N) is 1. The Hall–Kier alpha value is -3.33. The molecular weight excluding hydrogens is 374 g/mol. The molecule has 1 aromatic heterocycles. The zero-order valence-corrected chi connectivity index (χ0v) is 14.8. The molecule has 138 valence electrons. The fourth-order valence-electron chi connectivity index (χ4n) is 2.55. The number of carbonyl (C=O) groups is 4. The topological polar surface area (TPSA) is 125 Å². The van der Waals surface area contributed by atoms with Crippen molar-refractivity contribution in [1.29, 1.82) is 0 Å². The lowest BCUT2D eigenvalue weighted by atomic mass is 10.0. The number of hydrogen-bond donors (Lipinski definition) is 2. The smallest absolute Gasteiger partial charge is 0.335 e. The number of amides is 2. The lowest BCUT2D eigenvalue weighted by Crippen LogP contribution is -2.33. The molecule has 1 aliphatic rings. The number of imide groups is 1. The summed E-state index contributed by atoms with van der Waals surface area (Å²) in [4.78, 5) is 46.4. The Balaban J connectivity index is 1.86. The summed E-state index contributed by atoms with van der Waals surface area (Å²) in [6.07, 6.45) is 1.37. The molecule has 0 bridgehead atoms. The maximum Gasteiger partial charge on any atom is 0.335 e. The number of carboxylic acid groups (broad SMARTS) is 2. The van der Waals surface area contributed by atoms with Crippen LogP contribution in [0, 0.1) is 6.92 Å². The average molecular weight is 387 g/mol. The molecule has 0 spiro atoms. The normalized spacial score (nSPS) is 15.6. The summed E-state index contributed by atoms with van der Waals surface area (Å²) in [5.74, 6) is -2.21. The van der Waals surface area contributed by atoms with Crippen molar-refractivity contribution in [3.8, 4) is 11.3 Å². The van der Waals surface area contributed by atoms with Crippen molar-refractivity contribution in [3.05, 3.63) is 52.1 Å². The van der Waals surface area contributed by atoms with Crippen molar-refractivity contribution in [1.82, 2.24) is 4.90 Å². The van der Waals surface area contributed by atoms with Crippen LogP contribution in [0.1, 0.15) is 21.7 Å². The number of aliphatic carboxylic acids is 1. The van der Waals surface area contributed by atoms with Gasteiger partial charge in [0.2, 0.25) is 0 Å². The third kappa shape index (κ3) is 3.77. The molecule has 1 aromatic carbocycles. The number of benzene rings is 1. The molecule has 8 nitrogen and oxygen atoms in total. The first-order valence-corrected chi connectivity index (χ1v) is 8.49. The Kier molecular flexibility index (Phi) is 4.87. The molecule has 2 aromatic rings. The van der Waals surface area contributed by atoms with E-state index in [1.54, 1.807) is 25.1 Å². The van der Waals surface area contributed by atoms with Crippen LogP contribution in [-0.4, -0.2) is 44.7 Å². The highest BCUT2D eigenvalue weighted by atomic mass is 32.2. The minimum absolute atomic E-state index is 0.0695. The predicted molar refractivity (Wildman–Crippen MR) is 96.2 cm³/mol. The van der Waals surface area contributed by atoms with Crippen LogP contribution in [0.4, 0.5) is 4.79 Å². The molecule has 0 saturated carbocycles. The molecule has 3 rings (SSSR count). The second-order valence-electron chi connectivity index (χ2n) is 5.70. The van der Waals surface area contributed by atoms with E-state index in [9.17, 15) is 19.2 Å².